The molecule has 4 nitrogen and oxygen atoms in total. The van der Waals surface area contributed by atoms with Crippen LogP contribution in [0.25, 0.3) is 0 Å². The Bertz CT molecular complexity index is 472. The van der Waals surface area contributed by atoms with Crippen molar-refractivity contribution in [2.75, 3.05) is 18.4 Å². The molecule has 5 heteroatoms. The molecule has 0 saturated carbocycles. The average Bonchev–Trinajstić information content (AvgIpc) is 2.45. The van der Waals surface area contributed by atoms with Gasteiger partial charge < -0.3 is 15.5 Å². The highest BCUT2D eigenvalue weighted by Gasteiger charge is 2.22. The van der Waals surface area contributed by atoms with Gasteiger partial charge in [-0.15, -0.1) is 0 Å². The van der Waals surface area contributed by atoms with Crippen molar-refractivity contribution in [2.24, 2.45) is 0 Å². The fourth-order valence-corrected chi connectivity index (χ4v) is 2.80. The number of amides is 2. The predicted molar refractivity (Wildman–Crippen MR) is 88.0 cm³/mol. The lowest BCUT2D eigenvalue weighted by Crippen LogP contribution is -2.49. The van der Waals surface area contributed by atoms with E-state index in [2.05, 4.69) is 10.6 Å². The molecule has 2 rings (SSSR count). The maximum Gasteiger partial charge on any atom is 0.322 e. The number of hydrogen-bond donors (Lipinski definition) is 2. The van der Waals surface area contributed by atoms with E-state index in [1.807, 2.05) is 30.9 Å². The predicted octanol–water partition coefficient (Wildman–Crippen LogP) is 3.72. The molecule has 1 saturated heterocycles. The van der Waals surface area contributed by atoms with E-state index in [0.29, 0.717) is 11.1 Å². The van der Waals surface area contributed by atoms with Crippen LogP contribution in [0.2, 0.25) is 5.02 Å². The molecular formula is C16H24ClN3O. The first-order valence-electron chi connectivity index (χ1n) is 7.63. The van der Waals surface area contributed by atoms with Crippen LogP contribution in [0, 0.1) is 0 Å². The van der Waals surface area contributed by atoms with Gasteiger partial charge in [-0.2, -0.15) is 0 Å². The van der Waals surface area contributed by atoms with Gasteiger partial charge in [0.2, 0.25) is 0 Å². The molecule has 0 spiro atoms. The van der Waals surface area contributed by atoms with Gasteiger partial charge in [0.25, 0.3) is 0 Å². The Hall–Kier alpha value is -1.26. The lowest BCUT2D eigenvalue weighted by atomic mass is 10.0. The Morgan fingerprint density at radius 1 is 1.48 bits per heavy atom. The first kappa shape index (κ1) is 16.1. The molecule has 2 amide bonds. The third-order valence-electron chi connectivity index (χ3n) is 3.79. The summed E-state index contributed by atoms with van der Waals surface area (Å²) in [5, 5.41) is 7.04. The van der Waals surface area contributed by atoms with Crippen molar-refractivity contribution in [2.45, 2.75) is 45.2 Å². The fourth-order valence-electron chi connectivity index (χ4n) is 2.61. The molecule has 2 N–H and O–H groups in total. The summed E-state index contributed by atoms with van der Waals surface area (Å²) in [6.07, 6.45) is 3.60. The largest absolute Gasteiger partial charge is 0.322 e. The molecule has 1 fully saturated rings. The minimum absolute atomic E-state index is 0.0698. The maximum atomic E-state index is 12.5. The third-order valence-corrected chi connectivity index (χ3v) is 4.02. The Balaban J connectivity index is 1.98. The number of carbonyl (C=O) groups excluding carboxylic acids is 1. The molecule has 1 aliphatic rings. The Morgan fingerprint density at radius 3 is 2.90 bits per heavy atom. The van der Waals surface area contributed by atoms with E-state index < -0.39 is 0 Å². The lowest BCUT2D eigenvalue weighted by Gasteiger charge is -2.33. The summed E-state index contributed by atoms with van der Waals surface area (Å²) < 4.78 is 0. The van der Waals surface area contributed by atoms with Crippen LogP contribution in [0.1, 0.15) is 33.1 Å². The quantitative estimate of drug-likeness (QED) is 0.890. The van der Waals surface area contributed by atoms with E-state index in [1.165, 1.54) is 12.8 Å². The highest BCUT2D eigenvalue weighted by atomic mass is 35.5. The number of carbonyl (C=O) groups is 1. The van der Waals surface area contributed by atoms with E-state index in [0.717, 1.165) is 25.2 Å². The second kappa shape index (κ2) is 7.66. The molecule has 1 atom stereocenters. The van der Waals surface area contributed by atoms with E-state index >= 15 is 0 Å². The summed E-state index contributed by atoms with van der Waals surface area (Å²) in [7, 11) is 0. The van der Waals surface area contributed by atoms with E-state index in [4.69, 9.17) is 11.6 Å². The fraction of sp³-hybridized carbons (Fsp3) is 0.562. The van der Waals surface area contributed by atoms with Crippen LogP contribution < -0.4 is 10.6 Å². The Kier molecular flexibility index (Phi) is 5.88. The SMILES string of the molecule is CC(C)N(CC1CCCCN1)C(=O)Nc1cccc(Cl)c1. The molecular weight excluding hydrogens is 286 g/mol. The van der Waals surface area contributed by atoms with Gasteiger partial charge in [0, 0.05) is 29.3 Å². The van der Waals surface area contributed by atoms with Crippen molar-refractivity contribution in [3.8, 4) is 0 Å². The molecule has 1 aromatic rings. The highest BCUT2D eigenvalue weighted by Crippen LogP contribution is 2.17. The van der Waals surface area contributed by atoms with Crippen LogP contribution >= 0.6 is 11.6 Å². The van der Waals surface area contributed by atoms with Gasteiger partial charge in [0.15, 0.2) is 0 Å². The number of anilines is 1. The Labute approximate surface area is 131 Å². The van der Waals surface area contributed by atoms with Crippen LogP contribution in [-0.4, -0.2) is 36.1 Å². The van der Waals surface area contributed by atoms with Crippen molar-refractivity contribution in [1.29, 1.82) is 0 Å². The van der Waals surface area contributed by atoms with Gasteiger partial charge in [-0.3, -0.25) is 0 Å². The summed E-state index contributed by atoms with van der Waals surface area (Å²) in [4.78, 5) is 14.4. The van der Waals surface area contributed by atoms with Crippen LogP contribution in [0.3, 0.4) is 0 Å². The van der Waals surface area contributed by atoms with E-state index in [-0.39, 0.29) is 12.1 Å². The molecule has 0 aromatic heterocycles. The number of rotatable bonds is 4. The summed E-state index contributed by atoms with van der Waals surface area (Å²) in [5.74, 6) is 0. The van der Waals surface area contributed by atoms with Crippen LogP contribution in [0.5, 0.6) is 0 Å². The van der Waals surface area contributed by atoms with Gasteiger partial charge in [-0.05, 0) is 51.4 Å². The molecule has 1 aromatic carbocycles. The first-order valence-corrected chi connectivity index (χ1v) is 8.00. The zero-order chi connectivity index (χ0) is 15.2. The van der Waals surface area contributed by atoms with Gasteiger partial charge in [-0.25, -0.2) is 4.79 Å². The number of piperidine rings is 1. The second-order valence-electron chi connectivity index (χ2n) is 5.83. The zero-order valence-corrected chi connectivity index (χ0v) is 13.5. The maximum absolute atomic E-state index is 12.5. The Morgan fingerprint density at radius 2 is 2.29 bits per heavy atom. The smallest absolute Gasteiger partial charge is 0.321 e. The summed E-state index contributed by atoms with van der Waals surface area (Å²) in [5.41, 5.74) is 0.731. The van der Waals surface area contributed by atoms with Crippen molar-refractivity contribution in [1.82, 2.24) is 10.2 Å². The van der Waals surface area contributed by atoms with Crippen molar-refractivity contribution in [3.63, 3.8) is 0 Å². The zero-order valence-electron chi connectivity index (χ0n) is 12.7. The van der Waals surface area contributed by atoms with Gasteiger partial charge >= 0.3 is 6.03 Å². The number of hydrogen-bond acceptors (Lipinski definition) is 2. The number of nitrogens with zero attached hydrogens (tertiary/aromatic N) is 1. The normalized spacial score (nSPS) is 18.6. The highest BCUT2D eigenvalue weighted by molar-refractivity contribution is 6.30. The molecule has 116 valence electrons. The molecule has 0 aliphatic carbocycles. The monoisotopic (exact) mass is 309 g/mol. The third kappa shape index (κ3) is 4.90. The van der Waals surface area contributed by atoms with E-state index in [9.17, 15) is 4.79 Å². The van der Waals surface area contributed by atoms with Crippen molar-refractivity contribution < 1.29 is 4.79 Å². The number of benzene rings is 1. The lowest BCUT2D eigenvalue weighted by molar-refractivity contribution is 0.183. The summed E-state index contributed by atoms with van der Waals surface area (Å²) in [6.45, 7) is 5.87. The summed E-state index contributed by atoms with van der Waals surface area (Å²) >= 11 is 5.95. The van der Waals surface area contributed by atoms with Crippen molar-refractivity contribution in [3.05, 3.63) is 29.3 Å². The van der Waals surface area contributed by atoms with Gasteiger partial charge in [-0.1, -0.05) is 24.1 Å². The van der Waals surface area contributed by atoms with Crippen LogP contribution in [0.4, 0.5) is 10.5 Å². The van der Waals surface area contributed by atoms with Gasteiger partial charge in [0.1, 0.15) is 0 Å². The number of urea groups is 1. The molecule has 21 heavy (non-hydrogen) atoms. The molecule has 1 aliphatic heterocycles. The van der Waals surface area contributed by atoms with Crippen LogP contribution in [0.15, 0.2) is 24.3 Å². The summed E-state index contributed by atoms with van der Waals surface area (Å²) in [6, 6.07) is 7.72. The van der Waals surface area contributed by atoms with Gasteiger partial charge in [0.05, 0.1) is 0 Å². The minimum atomic E-state index is -0.0698. The van der Waals surface area contributed by atoms with E-state index in [1.54, 1.807) is 12.1 Å². The minimum Gasteiger partial charge on any atom is -0.321 e. The number of nitrogens with one attached hydrogen (secondary N) is 2. The molecule has 0 bridgehead atoms. The molecule has 1 heterocycles. The topological polar surface area (TPSA) is 44.4 Å². The molecule has 0 radical (unpaired) electrons. The second-order valence-corrected chi connectivity index (χ2v) is 6.27. The number of halogens is 1. The van der Waals surface area contributed by atoms with Crippen LogP contribution in [-0.2, 0) is 0 Å². The standard InChI is InChI=1S/C16H24ClN3O/c1-12(2)20(11-15-7-3-4-9-18-15)16(21)19-14-8-5-6-13(17)10-14/h5-6,8,10,12,15,18H,3-4,7,9,11H2,1-2H3,(H,19,21). The van der Waals surface area contributed by atoms with Crippen molar-refractivity contribution >= 4 is 23.3 Å². The average molecular weight is 310 g/mol. The first-order chi connectivity index (χ1) is 10.1. The molecule has 1 unspecified atom stereocenters.